The number of allylic oxidation sites excluding steroid dienone is 4. The Morgan fingerprint density at radius 2 is 0.895 bits per heavy atom. The van der Waals surface area contributed by atoms with Gasteiger partial charge in [0.1, 0.15) is 12.6 Å². The van der Waals surface area contributed by atoms with Crippen molar-refractivity contribution in [1.82, 2.24) is 0 Å². The van der Waals surface area contributed by atoms with Gasteiger partial charge in [-0.15, -0.1) is 0 Å². The smallest absolute Gasteiger partial charge is 0.306 e. The topological polar surface area (TPSA) is 102 Å². The Balaban J connectivity index is 4.15. The molecule has 0 saturated heterocycles. The number of unbranched alkanes of at least 4 members (excludes halogenated alkanes) is 25. The lowest BCUT2D eigenvalue weighted by Crippen LogP contribution is -2.55. The lowest BCUT2D eigenvalue weighted by Gasteiger charge is -2.34. The van der Waals surface area contributed by atoms with E-state index in [9.17, 15) is 19.5 Å². The summed E-state index contributed by atoms with van der Waals surface area (Å²) < 4.78 is 17.1. The second-order valence-corrected chi connectivity index (χ2v) is 17.3. The molecule has 8 heteroatoms. The number of carboxylic acid groups (broad SMARTS) is 1. The molecule has 0 radical (unpaired) electrons. The fourth-order valence-electron chi connectivity index (χ4n) is 7.05. The molecule has 0 aromatic heterocycles. The van der Waals surface area contributed by atoms with Crippen LogP contribution < -0.4 is 5.11 Å². The maximum absolute atomic E-state index is 12.7. The number of esters is 2. The summed E-state index contributed by atoms with van der Waals surface area (Å²) in [5.41, 5.74) is 0. The van der Waals surface area contributed by atoms with E-state index in [1.807, 2.05) is 0 Å². The molecule has 0 amide bonds. The van der Waals surface area contributed by atoms with Crippen molar-refractivity contribution < 1.29 is 38.2 Å². The largest absolute Gasteiger partial charge is 0.544 e. The first-order valence-corrected chi connectivity index (χ1v) is 23.9. The van der Waals surface area contributed by atoms with Crippen molar-refractivity contribution in [3.05, 3.63) is 24.3 Å². The molecule has 0 fully saturated rings. The molecule has 0 aromatic rings. The second kappa shape index (κ2) is 40.6. The van der Waals surface area contributed by atoms with E-state index in [0.717, 1.165) is 57.8 Å². The van der Waals surface area contributed by atoms with Gasteiger partial charge in [-0.3, -0.25) is 9.59 Å². The predicted molar refractivity (Wildman–Crippen MR) is 236 cm³/mol. The summed E-state index contributed by atoms with van der Waals surface area (Å²) in [6.07, 6.45) is 45.1. The van der Waals surface area contributed by atoms with E-state index in [1.54, 1.807) is 21.1 Å². The van der Waals surface area contributed by atoms with Gasteiger partial charge in [0.05, 0.1) is 40.3 Å². The number of carbonyl (C=O) groups is 3. The van der Waals surface area contributed by atoms with Crippen molar-refractivity contribution >= 4 is 17.9 Å². The Morgan fingerprint density at radius 1 is 0.509 bits per heavy atom. The Kier molecular flexibility index (Phi) is 39.0. The van der Waals surface area contributed by atoms with Gasteiger partial charge in [0.25, 0.3) is 0 Å². The highest BCUT2D eigenvalue weighted by Crippen LogP contribution is 2.15. The van der Waals surface area contributed by atoms with Gasteiger partial charge in [-0.25, -0.2) is 0 Å². The Morgan fingerprint density at radius 3 is 1.32 bits per heavy atom. The third-order valence-electron chi connectivity index (χ3n) is 10.8. The van der Waals surface area contributed by atoms with E-state index < -0.39 is 18.1 Å². The van der Waals surface area contributed by atoms with Gasteiger partial charge in [-0.05, 0) is 57.8 Å². The van der Waals surface area contributed by atoms with Crippen LogP contribution in [0.1, 0.15) is 219 Å². The van der Waals surface area contributed by atoms with E-state index in [4.69, 9.17) is 14.2 Å². The van der Waals surface area contributed by atoms with Gasteiger partial charge in [-0.2, -0.15) is 0 Å². The van der Waals surface area contributed by atoms with Crippen LogP contribution in [0.15, 0.2) is 24.3 Å². The van der Waals surface area contributed by atoms with Crippen molar-refractivity contribution in [2.45, 2.75) is 231 Å². The second-order valence-electron chi connectivity index (χ2n) is 17.3. The first-order valence-electron chi connectivity index (χ1n) is 23.9. The molecule has 334 valence electrons. The molecule has 0 aromatic carbocycles. The Bertz CT molecular complexity index is 989. The predicted octanol–water partition coefficient (Wildman–Crippen LogP) is 11.9. The number of likely N-dealkylation sites (N-methyl/N-ethyl adjacent to an activating group) is 1. The molecule has 0 aliphatic rings. The third kappa shape index (κ3) is 39.1. The number of carboxylic acids is 1. The minimum atomic E-state index is -1.13. The minimum absolute atomic E-state index is 0.0372. The molecular weight excluding hydrogens is 715 g/mol. The number of nitrogens with zero attached hydrogens (tertiary/aromatic N) is 1. The highest BCUT2D eigenvalue weighted by Gasteiger charge is 2.25. The zero-order valence-corrected chi connectivity index (χ0v) is 38.0. The van der Waals surface area contributed by atoms with E-state index in [2.05, 4.69) is 38.2 Å². The van der Waals surface area contributed by atoms with Crippen LogP contribution in [-0.2, 0) is 28.6 Å². The van der Waals surface area contributed by atoms with Crippen molar-refractivity contribution in [2.75, 3.05) is 41.0 Å². The lowest BCUT2D eigenvalue weighted by molar-refractivity contribution is -0.889. The zero-order valence-electron chi connectivity index (χ0n) is 38.0. The number of hydrogen-bond donors (Lipinski definition) is 0. The maximum atomic E-state index is 12.7. The zero-order chi connectivity index (χ0) is 42.1. The van der Waals surface area contributed by atoms with Crippen LogP contribution in [0.4, 0.5) is 0 Å². The SMILES string of the molecule is CCCC/C=C/CCCCCCC(=O)OC(COCCC(C(=O)[O-])[N+](C)(C)C)COC(=O)CCCCCCCCC/C=C/CCCCCCCCCCCCCC. The first kappa shape index (κ1) is 54.8. The van der Waals surface area contributed by atoms with Crippen LogP contribution in [0.2, 0.25) is 0 Å². The average molecular weight is 806 g/mol. The fourth-order valence-corrected chi connectivity index (χ4v) is 7.05. The molecule has 0 spiro atoms. The molecule has 0 rings (SSSR count). The number of aliphatic carboxylic acids is 1. The van der Waals surface area contributed by atoms with Gasteiger partial charge in [-0.1, -0.05) is 167 Å². The summed E-state index contributed by atoms with van der Waals surface area (Å²) >= 11 is 0. The van der Waals surface area contributed by atoms with Gasteiger partial charge >= 0.3 is 11.9 Å². The Hall–Kier alpha value is -2.19. The van der Waals surface area contributed by atoms with Crippen molar-refractivity contribution in [3.8, 4) is 0 Å². The van der Waals surface area contributed by atoms with E-state index >= 15 is 0 Å². The molecule has 2 unspecified atom stereocenters. The number of carbonyl (C=O) groups excluding carboxylic acids is 3. The summed E-state index contributed by atoms with van der Waals surface area (Å²) in [5, 5.41) is 11.6. The molecule has 0 saturated carbocycles. The first-order chi connectivity index (χ1) is 27.6. The highest BCUT2D eigenvalue weighted by molar-refractivity contribution is 5.70. The third-order valence-corrected chi connectivity index (χ3v) is 10.8. The number of rotatable bonds is 43. The Labute approximate surface area is 351 Å². The van der Waals surface area contributed by atoms with Gasteiger partial charge < -0.3 is 28.6 Å². The molecule has 57 heavy (non-hydrogen) atoms. The van der Waals surface area contributed by atoms with Crippen LogP contribution in [0.25, 0.3) is 0 Å². The number of ether oxygens (including phenoxy) is 3. The quantitative estimate of drug-likeness (QED) is 0.0262. The normalized spacial score (nSPS) is 13.1. The number of quaternary nitrogens is 1. The van der Waals surface area contributed by atoms with Crippen LogP contribution >= 0.6 is 0 Å². The molecule has 0 aliphatic heterocycles. The monoisotopic (exact) mass is 806 g/mol. The van der Waals surface area contributed by atoms with E-state index in [0.29, 0.717) is 12.8 Å². The molecule has 8 nitrogen and oxygen atoms in total. The van der Waals surface area contributed by atoms with Crippen LogP contribution in [0.3, 0.4) is 0 Å². The summed E-state index contributed by atoms with van der Waals surface area (Å²) in [7, 11) is 5.40. The standard InChI is InChI=1S/C49H91NO7/c1-6-8-10-12-14-16-18-19-20-21-22-23-24-25-26-27-28-29-30-32-33-35-37-39-47(51)56-44-45(43-55-42-41-46(49(53)54)50(3,4)5)57-48(52)40-38-36-34-31-17-15-13-11-9-7-2/h13,15,25-26,45-46H,6-12,14,16-24,27-44H2,1-5H3/b15-13+,26-25+. The minimum Gasteiger partial charge on any atom is -0.544 e. The fraction of sp³-hybridized carbons (Fsp3) is 0.857. The molecule has 0 N–H and O–H groups in total. The van der Waals surface area contributed by atoms with Gasteiger partial charge in [0.15, 0.2) is 6.10 Å². The van der Waals surface area contributed by atoms with Crippen molar-refractivity contribution in [2.24, 2.45) is 0 Å². The van der Waals surface area contributed by atoms with Crippen LogP contribution in [0.5, 0.6) is 0 Å². The van der Waals surface area contributed by atoms with E-state index in [1.165, 1.54) is 128 Å². The average Bonchev–Trinajstić information content (AvgIpc) is 3.17. The molecular formula is C49H91NO7. The van der Waals surface area contributed by atoms with Crippen molar-refractivity contribution in [3.63, 3.8) is 0 Å². The summed E-state index contributed by atoms with van der Waals surface area (Å²) in [5.74, 6) is -1.75. The lowest BCUT2D eigenvalue weighted by atomic mass is 10.0. The maximum Gasteiger partial charge on any atom is 0.306 e. The molecule has 0 aliphatic carbocycles. The summed E-state index contributed by atoms with van der Waals surface area (Å²) in [4.78, 5) is 36.8. The van der Waals surface area contributed by atoms with Gasteiger partial charge in [0, 0.05) is 19.3 Å². The summed E-state index contributed by atoms with van der Waals surface area (Å²) in [6.45, 7) is 4.62. The highest BCUT2D eigenvalue weighted by atomic mass is 16.6. The van der Waals surface area contributed by atoms with Crippen molar-refractivity contribution in [1.29, 1.82) is 0 Å². The summed E-state index contributed by atoms with van der Waals surface area (Å²) in [6, 6.07) is -0.725. The molecule has 0 bridgehead atoms. The van der Waals surface area contributed by atoms with Gasteiger partial charge in [0.2, 0.25) is 0 Å². The van der Waals surface area contributed by atoms with Crippen LogP contribution in [0, 0.1) is 0 Å². The number of hydrogen-bond acceptors (Lipinski definition) is 7. The van der Waals surface area contributed by atoms with E-state index in [-0.39, 0.29) is 42.7 Å². The molecule has 0 heterocycles. The van der Waals surface area contributed by atoms with Crippen LogP contribution in [-0.4, -0.2) is 75.5 Å². The molecule has 2 atom stereocenters.